The predicted molar refractivity (Wildman–Crippen MR) is 141 cm³/mol. The SMILES string of the molecule is COC(=O)c1ccc(CN2C(=O)C(O)=C(C(=O)c3cc4cccc(OC)c4o3)C2c2cccc(OC)c2)cc1. The Labute approximate surface area is 223 Å². The summed E-state index contributed by atoms with van der Waals surface area (Å²) < 4.78 is 21.3. The Kier molecular flexibility index (Phi) is 6.81. The van der Waals surface area contributed by atoms with Crippen LogP contribution >= 0.6 is 0 Å². The summed E-state index contributed by atoms with van der Waals surface area (Å²) in [6.07, 6.45) is 0. The van der Waals surface area contributed by atoms with E-state index < -0.39 is 29.5 Å². The quantitative estimate of drug-likeness (QED) is 0.251. The molecule has 4 aromatic rings. The highest BCUT2D eigenvalue weighted by Crippen LogP contribution is 2.41. The van der Waals surface area contributed by atoms with E-state index in [9.17, 15) is 19.5 Å². The summed E-state index contributed by atoms with van der Waals surface area (Å²) in [5.41, 5.74) is 1.87. The van der Waals surface area contributed by atoms with Crippen LogP contribution in [0.25, 0.3) is 11.0 Å². The standard InChI is InChI=1S/C30H25NO8/c1-36-21-8-4-6-19(14-21)25-24(26(32)23-15-20-7-5-9-22(37-2)28(20)39-23)27(33)29(34)31(25)16-17-10-12-18(13-11-17)30(35)38-3/h4-15,25,33H,16H2,1-3H3. The number of hydrogen-bond donors (Lipinski definition) is 1. The van der Waals surface area contributed by atoms with Crippen LogP contribution in [0.4, 0.5) is 0 Å². The smallest absolute Gasteiger partial charge is 0.337 e. The van der Waals surface area contributed by atoms with E-state index in [0.717, 1.165) is 0 Å². The molecule has 1 aliphatic rings. The summed E-state index contributed by atoms with van der Waals surface area (Å²) in [5.74, 6) is -1.55. The van der Waals surface area contributed by atoms with Gasteiger partial charge >= 0.3 is 5.97 Å². The van der Waals surface area contributed by atoms with Crippen molar-refractivity contribution < 1.29 is 38.1 Å². The molecule has 9 heteroatoms. The highest BCUT2D eigenvalue weighted by Gasteiger charge is 2.44. The van der Waals surface area contributed by atoms with E-state index in [1.54, 1.807) is 72.8 Å². The van der Waals surface area contributed by atoms with Gasteiger partial charge in [-0.15, -0.1) is 0 Å². The maximum atomic E-state index is 13.8. The minimum Gasteiger partial charge on any atom is -0.503 e. The number of aliphatic hydroxyl groups is 1. The third-order valence-corrected chi connectivity index (χ3v) is 6.64. The van der Waals surface area contributed by atoms with Crippen molar-refractivity contribution in [2.75, 3.05) is 21.3 Å². The topological polar surface area (TPSA) is 116 Å². The number of rotatable bonds is 8. The Morgan fingerprint density at radius 3 is 2.38 bits per heavy atom. The first kappa shape index (κ1) is 25.6. The molecule has 0 radical (unpaired) electrons. The molecule has 1 amide bonds. The lowest BCUT2D eigenvalue weighted by Crippen LogP contribution is -2.30. The van der Waals surface area contributed by atoms with E-state index in [4.69, 9.17) is 18.6 Å². The molecule has 9 nitrogen and oxygen atoms in total. The zero-order valence-corrected chi connectivity index (χ0v) is 21.5. The van der Waals surface area contributed by atoms with Crippen LogP contribution < -0.4 is 9.47 Å². The van der Waals surface area contributed by atoms with E-state index in [1.165, 1.54) is 26.2 Å². The molecule has 5 rings (SSSR count). The third kappa shape index (κ3) is 4.59. The van der Waals surface area contributed by atoms with Gasteiger partial charge in [0.05, 0.1) is 38.5 Å². The highest BCUT2D eigenvalue weighted by molar-refractivity contribution is 6.16. The number of aliphatic hydroxyl groups excluding tert-OH is 1. The number of furan rings is 1. The number of carbonyl (C=O) groups is 3. The number of hydrogen-bond acceptors (Lipinski definition) is 8. The van der Waals surface area contributed by atoms with Gasteiger partial charge in [0.1, 0.15) is 5.75 Å². The van der Waals surface area contributed by atoms with Crippen molar-refractivity contribution in [1.82, 2.24) is 4.90 Å². The molecule has 39 heavy (non-hydrogen) atoms. The minimum absolute atomic E-state index is 0.0407. The molecule has 0 aliphatic carbocycles. The van der Waals surface area contributed by atoms with Gasteiger partial charge in [0, 0.05) is 11.9 Å². The number of Topliss-reactive ketones (excluding diaryl/α,β-unsaturated/α-hetero) is 1. The number of para-hydroxylation sites is 1. The molecule has 1 atom stereocenters. The molecule has 1 aliphatic heterocycles. The summed E-state index contributed by atoms with van der Waals surface area (Å²) in [6, 6.07) is 19.4. The van der Waals surface area contributed by atoms with Gasteiger partial charge in [0.15, 0.2) is 22.9 Å². The molecule has 3 aromatic carbocycles. The maximum absolute atomic E-state index is 13.8. The van der Waals surface area contributed by atoms with Crippen molar-refractivity contribution in [1.29, 1.82) is 0 Å². The molecule has 0 saturated heterocycles. The largest absolute Gasteiger partial charge is 0.503 e. The first-order chi connectivity index (χ1) is 18.9. The van der Waals surface area contributed by atoms with Gasteiger partial charge in [-0.2, -0.15) is 0 Å². The fourth-order valence-corrected chi connectivity index (χ4v) is 4.71. The Morgan fingerprint density at radius 1 is 0.949 bits per heavy atom. The van der Waals surface area contributed by atoms with Crippen molar-refractivity contribution in [3.05, 3.63) is 107 Å². The second-order valence-corrected chi connectivity index (χ2v) is 8.88. The van der Waals surface area contributed by atoms with Gasteiger partial charge < -0.3 is 28.6 Å². The first-order valence-corrected chi connectivity index (χ1v) is 12.0. The molecule has 0 saturated carbocycles. The number of amides is 1. The van der Waals surface area contributed by atoms with Crippen LogP contribution in [0.5, 0.6) is 11.5 Å². The van der Waals surface area contributed by atoms with E-state index in [1.807, 2.05) is 0 Å². The predicted octanol–water partition coefficient (Wildman–Crippen LogP) is 5.02. The Morgan fingerprint density at radius 2 is 1.69 bits per heavy atom. The first-order valence-electron chi connectivity index (χ1n) is 12.0. The number of fused-ring (bicyclic) bond motifs is 1. The van der Waals surface area contributed by atoms with Crippen LogP contribution in [0.2, 0.25) is 0 Å². The van der Waals surface area contributed by atoms with Crippen molar-refractivity contribution in [2.45, 2.75) is 12.6 Å². The third-order valence-electron chi connectivity index (χ3n) is 6.64. The van der Waals surface area contributed by atoms with Crippen LogP contribution in [0.3, 0.4) is 0 Å². The van der Waals surface area contributed by atoms with Crippen LogP contribution in [0.15, 0.2) is 88.5 Å². The van der Waals surface area contributed by atoms with Crippen LogP contribution in [-0.4, -0.2) is 49.0 Å². The average molecular weight is 528 g/mol. The number of benzene rings is 3. The van der Waals surface area contributed by atoms with E-state index in [-0.39, 0.29) is 17.9 Å². The van der Waals surface area contributed by atoms with E-state index >= 15 is 0 Å². The second kappa shape index (κ2) is 10.4. The van der Waals surface area contributed by atoms with Gasteiger partial charge in [-0.05, 0) is 47.5 Å². The van der Waals surface area contributed by atoms with Gasteiger partial charge in [0.2, 0.25) is 5.78 Å². The molecule has 0 fully saturated rings. The molecular formula is C30H25NO8. The monoisotopic (exact) mass is 527 g/mol. The number of esters is 1. The van der Waals surface area contributed by atoms with Crippen LogP contribution in [-0.2, 0) is 16.1 Å². The lowest BCUT2D eigenvalue weighted by molar-refractivity contribution is -0.130. The zero-order valence-electron chi connectivity index (χ0n) is 21.5. The van der Waals surface area contributed by atoms with Crippen molar-refractivity contribution in [3.63, 3.8) is 0 Å². The summed E-state index contributed by atoms with van der Waals surface area (Å²) in [6.45, 7) is 0.0525. The van der Waals surface area contributed by atoms with Crippen LogP contribution in [0, 0.1) is 0 Å². The molecular weight excluding hydrogens is 502 g/mol. The second-order valence-electron chi connectivity index (χ2n) is 8.88. The van der Waals surface area contributed by atoms with Gasteiger partial charge in [0.25, 0.3) is 5.91 Å². The summed E-state index contributed by atoms with van der Waals surface area (Å²) in [5, 5.41) is 11.7. The number of ketones is 1. The Hall–Kier alpha value is -5.05. The molecule has 1 unspecified atom stereocenters. The highest BCUT2D eigenvalue weighted by atomic mass is 16.5. The normalized spacial score (nSPS) is 15.1. The number of ether oxygens (including phenoxy) is 3. The average Bonchev–Trinajstić information content (AvgIpc) is 3.52. The van der Waals surface area contributed by atoms with Gasteiger partial charge in [-0.25, -0.2) is 4.79 Å². The summed E-state index contributed by atoms with van der Waals surface area (Å²) in [4.78, 5) is 40.5. The number of methoxy groups -OCH3 is 3. The van der Waals surface area contributed by atoms with Crippen molar-refractivity contribution >= 4 is 28.6 Å². The minimum atomic E-state index is -0.935. The van der Waals surface area contributed by atoms with Gasteiger partial charge in [-0.3, -0.25) is 9.59 Å². The molecule has 0 bridgehead atoms. The molecule has 198 valence electrons. The number of carbonyl (C=O) groups excluding carboxylic acids is 3. The van der Waals surface area contributed by atoms with Crippen molar-refractivity contribution in [3.8, 4) is 11.5 Å². The zero-order chi connectivity index (χ0) is 27.7. The molecule has 1 aromatic heterocycles. The molecule has 0 spiro atoms. The number of nitrogens with zero attached hydrogens (tertiary/aromatic N) is 1. The lowest BCUT2D eigenvalue weighted by atomic mass is 9.94. The van der Waals surface area contributed by atoms with E-state index in [2.05, 4.69) is 0 Å². The molecule has 2 heterocycles. The van der Waals surface area contributed by atoms with Crippen LogP contribution in [0.1, 0.15) is 38.1 Å². The lowest BCUT2D eigenvalue weighted by Gasteiger charge is -2.27. The van der Waals surface area contributed by atoms with E-state index in [0.29, 0.717) is 39.2 Å². The Bertz CT molecular complexity index is 1620. The summed E-state index contributed by atoms with van der Waals surface area (Å²) >= 11 is 0. The molecule has 1 N–H and O–H groups in total. The summed E-state index contributed by atoms with van der Waals surface area (Å²) in [7, 11) is 4.31. The van der Waals surface area contributed by atoms with Gasteiger partial charge in [-0.1, -0.05) is 36.4 Å². The fraction of sp³-hybridized carbons (Fsp3) is 0.167. The Balaban J connectivity index is 1.57. The fourth-order valence-electron chi connectivity index (χ4n) is 4.71. The van der Waals surface area contributed by atoms with Crippen molar-refractivity contribution in [2.24, 2.45) is 0 Å². The maximum Gasteiger partial charge on any atom is 0.337 e.